The molecule has 0 radical (unpaired) electrons. The van der Waals surface area contributed by atoms with Crippen molar-refractivity contribution in [1.29, 1.82) is 0 Å². The lowest BCUT2D eigenvalue weighted by atomic mass is 9.85. The number of hydrogen-bond acceptors (Lipinski definition) is 12. The lowest BCUT2D eigenvalue weighted by Gasteiger charge is -2.35. The lowest BCUT2D eigenvalue weighted by molar-refractivity contribution is -0.142. The third-order valence-electron chi connectivity index (χ3n) is 11.4. The van der Waals surface area contributed by atoms with Crippen molar-refractivity contribution in [2.24, 2.45) is 11.3 Å². The number of pyridine rings is 1. The number of methoxy groups -OCH3 is 1. The number of aromatic nitrogens is 2. The fourth-order valence-electron chi connectivity index (χ4n) is 8.15. The fraction of sp³-hybridized carbons (Fsp3) is 0.512. The highest BCUT2D eigenvalue weighted by Gasteiger charge is 2.66. The van der Waals surface area contributed by atoms with Crippen LogP contribution in [0.2, 0.25) is 0 Å². The van der Waals surface area contributed by atoms with E-state index in [2.05, 4.69) is 22.5 Å². The third-order valence-corrected chi connectivity index (χ3v) is 14.8. The number of rotatable bonds is 15. The molecule has 2 saturated carbocycles. The van der Waals surface area contributed by atoms with Crippen LogP contribution in [0.3, 0.4) is 0 Å². The van der Waals surface area contributed by atoms with Crippen LogP contribution >= 0.6 is 18.7 Å². The van der Waals surface area contributed by atoms with Crippen LogP contribution < -0.4 is 25.4 Å². The first-order valence-corrected chi connectivity index (χ1v) is 23.2. The van der Waals surface area contributed by atoms with Crippen molar-refractivity contribution in [1.82, 2.24) is 25.5 Å². The number of fused-ring (bicyclic) bond motifs is 1. The van der Waals surface area contributed by atoms with Crippen LogP contribution in [0.5, 0.6) is 11.5 Å². The number of nitrogens with zero attached hydrogens (tertiary/aromatic N) is 3. The number of carbonyl (C=O) groups is 3. The monoisotopic (exact) mass is 862 g/mol. The van der Waals surface area contributed by atoms with E-state index in [1.807, 2.05) is 46.1 Å². The van der Waals surface area contributed by atoms with Gasteiger partial charge in [0.15, 0.2) is 5.13 Å². The van der Waals surface area contributed by atoms with E-state index in [0.717, 1.165) is 30.8 Å². The van der Waals surface area contributed by atoms with Crippen molar-refractivity contribution in [3.63, 3.8) is 0 Å². The molecule has 1 unspecified atom stereocenters. The second-order valence-corrected chi connectivity index (χ2v) is 20.7. The van der Waals surface area contributed by atoms with Gasteiger partial charge in [-0.05, 0) is 75.6 Å². The van der Waals surface area contributed by atoms with E-state index < -0.39 is 60.1 Å². The largest absolute Gasteiger partial charge is 0.497 e. The average molecular weight is 863 g/mol. The number of furan rings is 1. The van der Waals surface area contributed by atoms with Crippen LogP contribution in [0, 0.1) is 11.3 Å². The predicted molar refractivity (Wildman–Crippen MR) is 229 cm³/mol. The van der Waals surface area contributed by atoms with E-state index in [1.165, 1.54) is 22.5 Å². The summed E-state index contributed by atoms with van der Waals surface area (Å²) in [6.45, 7) is 13.4. The average Bonchev–Trinajstić information content (AvgIpc) is 3.81. The van der Waals surface area contributed by atoms with Gasteiger partial charge in [0.2, 0.25) is 19.2 Å². The topological polar surface area (TPSA) is 194 Å². The minimum Gasteiger partial charge on any atom is -0.497 e. The van der Waals surface area contributed by atoms with Crippen molar-refractivity contribution < 1.29 is 42.5 Å². The van der Waals surface area contributed by atoms with Gasteiger partial charge in [0.05, 0.1) is 37.3 Å². The molecule has 2 aliphatic carbocycles. The Bertz CT molecular complexity index is 2270. The molecular formula is C43H55N6O9PS. The number of ether oxygens (including phenoxy) is 3. The molecule has 7 rings (SSSR count). The van der Waals surface area contributed by atoms with Gasteiger partial charge in [0.25, 0.3) is 0 Å². The Morgan fingerprint density at radius 1 is 1.13 bits per heavy atom. The molecule has 6 atom stereocenters. The molecule has 322 valence electrons. The molecule has 3 fully saturated rings. The fourth-order valence-corrected chi connectivity index (χ4v) is 11.3. The Labute approximate surface area is 354 Å². The number of hydrogen-bond donors (Lipinski definition) is 4. The molecule has 1 aromatic carbocycles. The Morgan fingerprint density at radius 3 is 2.55 bits per heavy atom. The summed E-state index contributed by atoms with van der Waals surface area (Å²) in [7, 11) is -2.56. The normalized spacial score (nSPS) is 23.2. The lowest BCUT2D eigenvalue weighted by Crippen LogP contribution is -2.58. The van der Waals surface area contributed by atoms with E-state index in [1.54, 1.807) is 43.5 Å². The highest BCUT2D eigenvalue weighted by Crippen LogP contribution is 2.70. The number of benzene rings is 1. The number of alkyl carbamates (subject to hydrolysis) is 1. The van der Waals surface area contributed by atoms with Crippen LogP contribution in [-0.2, 0) is 25.1 Å². The van der Waals surface area contributed by atoms with E-state index >= 15 is 0 Å². The predicted octanol–water partition coefficient (Wildman–Crippen LogP) is 7.70. The zero-order valence-electron chi connectivity index (χ0n) is 34.9. The van der Waals surface area contributed by atoms with Crippen LogP contribution in [0.25, 0.3) is 22.3 Å². The summed E-state index contributed by atoms with van der Waals surface area (Å²) < 4.78 is 37.5. The smallest absolute Gasteiger partial charge is 0.408 e. The summed E-state index contributed by atoms with van der Waals surface area (Å²) in [6.07, 6.45) is 4.72. The van der Waals surface area contributed by atoms with E-state index in [0.29, 0.717) is 39.6 Å². The first kappa shape index (κ1) is 43.2. The number of anilines is 1. The van der Waals surface area contributed by atoms with Crippen LogP contribution in [0.15, 0.2) is 65.1 Å². The van der Waals surface area contributed by atoms with Crippen LogP contribution in [0.1, 0.15) is 78.9 Å². The van der Waals surface area contributed by atoms with Gasteiger partial charge in [-0.15, -0.1) is 17.9 Å². The van der Waals surface area contributed by atoms with Gasteiger partial charge >= 0.3 is 6.09 Å². The third kappa shape index (κ3) is 9.20. The number of amides is 3. The summed E-state index contributed by atoms with van der Waals surface area (Å²) >= 11 is 1.46. The molecule has 17 heteroatoms. The summed E-state index contributed by atoms with van der Waals surface area (Å²) in [5, 5.41) is 10.9. The number of nitrogens with one attached hydrogen (secondary N) is 3. The maximum absolute atomic E-state index is 14.8. The molecule has 3 aromatic heterocycles. The van der Waals surface area contributed by atoms with Gasteiger partial charge in [0.1, 0.15) is 52.5 Å². The Morgan fingerprint density at radius 2 is 1.90 bits per heavy atom. The quantitative estimate of drug-likeness (QED) is 0.0673. The minimum absolute atomic E-state index is 0.0294. The number of carbonyl (C=O) groups excluding carboxylic acids is 3. The molecule has 0 bridgehead atoms. The maximum Gasteiger partial charge on any atom is 0.408 e. The molecular weight excluding hydrogens is 808 g/mol. The van der Waals surface area contributed by atoms with Crippen molar-refractivity contribution in [3.8, 4) is 22.9 Å². The highest BCUT2D eigenvalue weighted by molar-refractivity contribution is 7.59. The zero-order chi connectivity index (χ0) is 43.0. The van der Waals surface area contributed by atoms with Gasteiger partial charge in [-0.2, -0.15) is 0 Å². The van der Waals surface area contributed by atoms with Gasteiger partial charge in [-0.3, -0.25) is 14.2 Å². The molecule has 1 aliphatic heterocycles. The van der Waals surface area contributed by atoms with Crippen molar-refractivity contribution in [3.05, 3.63) is 66.5 Å². The molecule has 0 spiro atoms. The molecule has 3 amide bonds. The maximum atomic E-state index is 14.8. The van der Waals surface area contributed by atoms with Gasteiger partial charge in [0, 0.05) is 41.3 Å². The molecule has 4 heterocycles. The minimum atomic E-state index is -4.14. The molecule has 4 aromatic rings. The highest BCUT2D eigenvalue weighted by atomic mass is 32.1. The van der Waals surface area contributed by atoms with E-state index in [9.17, 15) is 23.8 Å². The van der Waals surface area contributed by atoms with Crippen LogP contribution in [0.4, 0.5) is 9.93 Å². The first-order valence-electron chi connectivity index (χ1n) is 20.4. The second kappa shape index (κ2) is 17.2. The molecule has 4 N–H and O–H groups in total. The molecule has 60 heavy (non-hydrogen) atoms. The zero-order valence-corrected chi connectivity index (χ0v) is 36.6. The second-order valence-electron chi connectivity index (χ2n) is 17.4. The van der Waals surface area contributed by atoms with Gasteiger partial charge in [-0.1, -0.05) is 26.8 Å². The van der Waals surface area contributed by atoms with Crippen LogP contribution in [-0.4, -0.2) is 86.9 Å². The van der Waals surface area contributed by atoms with Gasteiger partial charge < -0.3 is 44.4 Å². The van der Waals surface area contributed by atoms with Gasteiger partial charge in [-0.25, -0.2) is 14.8 Å². The molecule has 1 saturated heterocycles. The summed E-state index contributed by atoms with van der Waals surface area (Å²) in [5.41, 5.74) is 0.981. The summed E-state index contributed by atoms with van der Waals surface area (Å²) in [4.78, 5) is 65.4. The number of likely N-dealkylation sites (tertiary alicyclic amines) is 1. The molecule has 3 aliphatic rings. The van der Waals surface area contributed by atoms with Crippen molar-refractivity contribution in [2.75, 3.05) is 19.0 Å². The van der Waals surface area contributed by atoms with E-state index in [-0.39, 0.29) is 37.7 Å². The Balaban J connectivity index is 1.22. The van der Waals surface area contributed by atoms with E-state index in [4.69, 9.17) is 28.6 Å². The van der Waals surface area contributed by atoms with Crippen molar-refractivity contribution >= 4 is 52.6 Å². The number of thiazole rings is 1. The standard InChI is InChI=1S/C43H55N6O9PS/c1-8-26-21-43(26,59(53,54)23-29-14-11-17-56-29)48-38(50)35-19-30(22-49(35)39(51)37(42(4,5)6)47-41(52)58-27-12-9-10-13-27)57-36-20-33(34-24-60-40(46-34)44-25(2)3)45-32-18-28(55-7)15-16-31(32)36/h8,11,14-18,20,24-27,30,35,37H,1,9-10,12-13,19,21-23H2,2-7H3,(H,44,46)(H,47,52)(H,48,50)(H,53,54)/t26-,30-,35+,37-,43+/m1/s1. The summed E-state index contributed by atoms with van der Waals surface area (Å²) in [6, 6.07) is 8.45. The Hall–Kier alpha value is -4.92. The first-order chi connectivity index (χ1) is 28.5. The van der Waals surface area contributed by atoms with Crippen molar-refractivity contribution in [2.45, 2.75) is 115 Å². The molecule has 15 nitrogen and oxygen atoms in total. The summed E-state index contributed by atoms with van der Waals surface area (Å²) in [5.74, 6) is -0.253. The Kier molecular flexibility index (Phi) is 12.4. The SMILES string of the molecule is C=C[C@@H]1C[C@]1(NC(=O)[C@@H]1C[C@@H](Oc2cc(-c3csc(NC(C)C)n3)nc3cc(OC)ccc23)CN1C(=O)[C@@H](NC(=O)OC1CCCC1)C(C)(C)C)P(=O)(O)Cc1ccco1.